The van der Waals surface area contributed by atoms with Crippen LogP contribution in [0.4, 0.5) is 4.39 Å². The molecule has 0 radical (unpaired) electrons. The molecule has 1 saturated carbocycles. The first kappa shape index (κ1) is 15.7. The van der Waals surface area contributed by atoms with Crippen molar-refractivity contribution in [2.75, 3.05) is 26.3 Å². The fraction of sp³-hybridized carbons (Fsp3) is 0.556. The maximum Gasteiger partial charge on any atom is 0.248 e. The molecule has 1 aromatic carbocycles. The van der Waals surface area contributed by atoms with Crippen LogP contribution in [0.1, 0.15) is 54.9 Å². The van der Waals surface area contributed by atoms with Crippen LogP contribution in [0.3, 0.4) is 0 Å². The second kappa shape index (κ2) is 6.99. The molecule has 2 fully saturated rings. The van der Waals surface area contributed by atoms with Gasteiger partial charge in [-0.25, -0.2) is 4.39 Å². The summed E-state index contributed by atoms with van der Waals surface area (Å²) in [6.45, 7) is 2.86. The number of morpholine rings is 1. The molecule has 2 aliphatic rings. The minimum Gasteiger partial charge on any atom is -0.379 e. The van der Waals surface area contributed by atoms with Crippen LogP contribution in [-0.4, -0.2) is 41.3 Å². The van der Waals surface area contributed by atoms with E-state index in [9.17, 15) is 4.39 Å². The van der Waals surface area contributed by atoms with Gasteiger partial charge in [-0.15, -0.1) is 0 Å². The van der Waals surface area contributed by atoms with E-state index in [1.165, 1.54) is 18.9 Å². The van der Waals surface area contributed by atoms with E-state index in [1.54, 1.807) is 12.1 Å². The molecule has 4 rings (SSSR count). The Bertz CT molecular complexity index is 678. The molecule has 1 atom stereocenters. The molecule has 128 valence electrons. The van der Waals surface area contributed by atoms with E-state index in [1.807, 2.05) is 6.07 Å². The van der Waals surface area contributed by atoms with Crippen molar-refractivity contribution in [2.24, 2.45) is 0 Å². The molecule has 1 aliphatic carbocycles. The Kier molecular flexibility index (Phi) is 4.58. The maximum atomic E-state index is 13.8. The van der Waals surface area contributed by atoms with Crippen molar-refractivity contribution < 1.29 is 13.7 Å². The van der Waals surface area contributed by atoms with Crippen LogP contribution in [0.25, 0.3) is 0 Å². The molecule has 0 amide bonds. The Labute approximate surface area is 140 Å². The van der Waals surface area contributed by atoms with E-state index in [4.69, 9.17) is 14.2 Å². The van der Waals surface area contributed by atoms with Crippen LogP contribution in [0.15, 0.2) is 28.8 Å². The third-order valence-electron chi connectivity index (χ3n) is 4.99. The molecule has 0 bridgehead atoms. The van der Waals surface area contributed by atoms with Gasteiger partial charge in [0.1, 0.15) is 11.9 Å². The SMILES string of the molecule is Fc1cccc([C@@H](c2nc(C3CCCC3)no2)N2CCOCC2)c1. The van der Waals surface area contributed by atoms with Crippen molar-refractivity contribution in [3.05, 3.63) is 47.4 Å². The van der Waals surface area contributed by atoms with Gasteiger partial charge >= 0.3 is 0 Å². The number of hydrogen-bond donors (Lipinski definition) is 0. The molecule has 1 saturated heterocycles. The van der Waals surface area contributed by atoms with Gasteiger partial charge in [0.25, 0.3) is 0 Å². The minimum absolute atomic E-state index is 0.216. The van der Waals surface area contributed by atoms with Gasteiger partial charge in [0.05, 0.1) is 13.2 Å². The highest BCUT2D eigenvalue weighted by molar-refractivity contribution is 5.25. The smallest absolute Gasteiger partial charge is 0.248 e. The van der Waals surface area contributed by atoms with Gasteiger partial charge in [-0.1, -0.05) is 30.1 Å². The van der Waals surface area contributed by atoms with Gasteiger partial charge in [-0.05, 0) is 30.5 Å². The average molecular weight is 331 g/mol. The van der Waals surface area contributed by atoms with Crippen molar-refractivity contribution in [1.29, 1.82) is 0 Å². The van der Waals surface area contributed by atoms with E-state index < -0.39 is 0 Å². The van der Waals surface area contributed by atoms with Crippen LogP contribution in [0.5, 0.6) is 0 Å². The van der Waals surface area contributed by atoms with Gasteiger partial charge in [-0.2, -0.15) is 4.98 Å². The van der Waals surface area contributed by atoms with Gasteiger partial charge in [-0.3, -0.25) is 4.90 Å². The Morgan fingerprint density at radius 1 is 1.17 bits per heavy atom. The summed E-state index contributed by atoms with van der Waals surface area (Å²) in [5.74, 6) is 1.52. The van der Waals surface area contributed by atoms with Crippen molar-refractivity contribution in [3.8, 4) is 0 Å². The lowest BCUT2D eigenvalue weighted by Gasteiger charge is -2.32. The standard InChI is InChI=1S/C18H22FN3O2/c19-15-7-3-6-14(12-15)16(22-8-10-23-11-9-22)18-20-17(21-24-18)13-4-1-2-5-13/h3,6-7,12-13,16H,1-2,4-5,8-11H2/t16-/m0/s1. The summed E-state index contributed by atoms with van der Waals surface area (Å²) >= 11 is 0. The molecule has 0 N–H and O–H groups in total. The van der Waals surface area contributed by atoms with Crippen molar-refractivity contribution in [3.63, 3.8) is 0 Å². The molecule has 2 heterocycles. The number of aromatic nitrogens is 2. The van der Waals surface area contributed by atoms with Crippen LogP contribution >= 0.6 is 0 Å². The second-order valence-electron chi connectivity index (χ2n) is 6.58. The zero-order valence-electron chi connectivity index (χ0n) is 13.7. The van der Waals surface area contributed by atoms with Crippen molar-refractivity contribution >= 4 is 0 Å². The molecule has 24 heavy (non-hydrogen) atoms. The fourth-order valence-electron chi connectivity index (χ4n) is 3.73. The average Bonchev–Trinajstić information content (AvgIpc) is 3.28. The number of hydrogen-bond acceptors (Lipinski definition) is 5. The van der Waals surface area contributed by atoms with Crippen LogP contribution < -0.4 is 0 Å². The Morgan fingerprint density at radius 3 is 2.71 bits per heavy atom. The summed E-state index contributed by atoms with van der Waals surface area (Å²) in [6.07, 6.45) is 4.71. The third kappa shape index (κ3) is 3.21. The molecule has 1 aliphatic heterocycles. The third-order valence-corrected chi connectivity index (χ3v) is 4.99. The summed E-state index contributed by atoms with van der Waals surface area (Å²) < 4.78 is 24.8. The highest BCUT2D eigenvalue weighted by Crippen LogP contribution is 2.34. The molecular weight excluding hydrogens is 309 g/mol. The van der Waals surface area contributed by atoms with Crippen LogP contribution in [-0.2, 0) is 4.74 Å². The first-order valence-corrected chi connectivity index (χ1v) is 8.72. The van der Waals surface area contributed by atoms with Crippen LogP contribution in [0, 0.1) is 5.82 Å². The Balaban J connectivity index is 1.66. The first-order chi connectivity index (χ1) is 11.8. The zero-order valence-corrected chi connectivity index (χ0v) is 13.7. The molecule has 0 spiro atoms. The highest BCUT2D eigenvalue weighted by Gasteiger charge is 2.31. The van der Waals surface area contributed by atoms with E-state index in [-0.39, 0.29) is 11.9 Å². The number of nitrogens with zero attached hydrogens (tertiary/aromatic N) is 3. The molecular formula is C18H22FN3O2. The fourth-order valence-corrected chi connectivity index (χ4v) is 3.73. The summed E-state index contributed by atoms with van der Waals surface area (Å²) in [5.41, 5.74) is 0.846. The predicted octanol–water partition coefficient (Wildman–Crippen LogP) is 3.29. The van der Waals surface area contributed by atoms with Gasteiger partial charge in [0.15, 0.2) is 5.82 Å². The van der Waals surface area contributed by atoms with Crippen molar-refractivity contribution in [1.82, 2.24) is 15.0 Å². The van der Waals surface area contributed by atoms with Crippen molar-refractivity contribution in [2.45, 2.75) is 37.6 Å². The lowest BCUT2D eigenvalue weighted by atomic mass is 10.0. The second-order valence-corrected chi connectivity index (χ2v) is 6.58. The lowest BCUT2D eigenvalue weighted by Crippen LogP contribution is -2.39. The Morgan fingerprint density at radius 2 is 1.96 bits per heavy atom. The van der Waals surface area contributed by atoms with E-state index in [0.29, 0.717) is 25.0 Å². The normalized spacial score (nSPS) is 21.2. The lowest BCUT2D eigenvalue weighted by molar-refractivity contribution is 0.0180. The van der Waals surface area contributed by atoms with Gasteiger partial charge in [0.2, 0.25) is 5.89 Å². The van der Waals surface area contributed by atoms with Gasteiger partial charge < -0.3 is 9.26 Å². The highest BCUT2D eigenvalue weighted by atomic mass is 19.1. The Hall–Kier alpha value is -1.79. The molecule has 5 nitrogen and oxygen atoms in total. The topological polar surface area (TPSA) is 51.4 Å². The van der Waals surface area contributed by atoms with E-state index in [2.05, 4.69) is 10.1 Å². The molecule has 0 unspecified atom stereocenters. The summed E-state index contributed by atoms with van der Waals surface area (Å²) in [7, 11) is 0. The van der Waals surface area contributed by atoms with E-state index in [0.717, 1.165) is 37.3 Å². The number of halogens is 1. The number of ether oxygens (including phenoxy) is 1. The summed E-state index contributed by atoms with van der Waals surface area (Å²) in [4.78, 5) is 6.92. The summed E-state index contributed by atoms with van der Waals surface area (Å²) in [5, 5.41) is 4.22. The molecule has 1 aromatic heterocycles. The monoisotopic (exact) mass is 331 g/mol. The van der Waals surface area contributed by atoms with Gasteiger partial charge in [0, 0.05) is 19.0 Å². The predicted molar refractivity (Wildman–Crippen MR) is 86.1 cm³/mol. The summed E-state index contributed by atoms with van der Waals surface area (Å²) in [6, 6.07) is 6.44. The quantitative estimate of drug-likeness (QED) is 0.860. The molecule has 2 aromatic rings. The zero-order chi connectivity index (χ0) is 16.4. The first-order valence-electron chi connectivity index (χ1n) is 8.72. The van der Waals surface area contributed by atoms with Crippen LogP contribution in [0.2, 0.25) is 0 Å². The van der Waals surface area contributed by atoms with E-state index >= 15 is 0 Å². The maximum absolute atomic E-state index is 13.8. The molecule has 6 heteroatoms. The number of rotatable bonds is 4. The largest absolute Gasteiger partial charge is 0.379 e. The minimum atomic E-state index is -0.249. The number of benzene rings is 1.